The third kappa shape index (κ3) is 2.90. The molecule has 0 fully saturated rings. The molecule has 0 bridgehead atoms. The van der Waals surface area contributed by atoms with Crippen LogP contribution in [0.4, 0.5) is 5.69 Å². The molecule has 0 N–H and O–H groups in total. The van der Waals surface area contributed by atoms with E-state index < -0.39 is 0 Å². The molecule has 0 spiro atoms. The van der Waals surface area contributed by atoms with E-state index in [9.17, 15) is 4.79 Å². The van der Waals surface area contributed by atoms with Gasteiger partial charge in [0.15, 0.2) is 0 Å². The van der Waals surface area contributed by atoms with E-state index in [4.69, 9.17) is 4.74 Å². The van der Waals surface area contributed by atoms with Gasteiger partial charge in [0.25, 0.3) is 0 Å². The molecule has 0 unspecified atom stereocenters. The lowest BCUT2D eigenvalue weighted by Gasteiger charge is -2.46. The molecule has 3 heteroatoms. The summed E-state index contributed by atoms with van der Waals surface area (Å²) in [6.45, 7) is 10.7. The summed E-state index contributed by atoms with van der Waals surface area (Å²) in [7, 11) is 1.47. The quantitative estimate of drug-likeness (QED) is 0.775. The summed E-state index contributed by atoms with van der Waals surface area (Å²) in [4.78, 5) is 14.6. The summed E-state index contributed by atoms with van der Waals surface area (Å²) in [6, 6.07) is 6.20. The van der Waals surface area contributed by atoms with Crippen molar-refractivity contribution in [2.24, 2.45) is 0 Å². The van der Waals surface area contributed by atoms with E-state index in [2.05, 4.69) is 63.8 Å². The van der Waals surface area contributed by atoms with Crippen molar-refractivity contribution in [1.29, 1.82) is 0 Å². The SMILES string of the molecule is CCC[C@@H](C(=O)OC)N1c2cc(C)ccc2C(C)=CC1(C)C. The normalized spacial score (nSPS) is 17.5. The number of hydrogen-bond donors (Lipinski definition) is 0. The van der Waals surface area contributed by atoms with Crippen LogP contribution in [0.15, 0.2) is 24.3 Å². The van der Waals surface area contributed by atoms with Gasteiger partial charge in [0.2, 0.25) is 0 Å². The first-order chi connectivity index (χ1) is 10.3. The molecular weight excluding hydrogens is 274 g/mol. The fourth-order valence-electron chi connectivity index (χ4n) is 3.49. The van der Waals surface area contributed by atoms with Crippen LogP contribution in [0.25, 0.3) is 5.57 Å². The minimum absolute atomic E-state index is 0.157. The Morgan fingerprint density at radius 3 is 2.59 bits per heavy atom. The summed E-state index contributed by atoms with van der Waals surface area (Å²) >= 11 is 0. The molecule has 0 saturated carbocycles. The molecule has 0 saturated heterocycles. The van der Waals surface area contributed by atoms with Crippen molar-refractivity contribution in [3.63, 3.8) is 0 Å². The third-order valence-corrected chi connectivity index (χ3v) is 4.38. The Kier molecular flexibility index (Phi) is 4.64. The lowest BCUT2D eigenvalue weighted by Crippen LogP contribution is -2.54. The Morgan fingerprint density at radius 1 is 1.32 bits per heavy atom. The molecule has 1 heterocycles. The molecule has 2 rings (SSSR count). The first kappa shape index (κ1) is 16.6. The molecular formula is C19H27NO2. The van der Waals surface area contributed by atoms with Crippen LogP contribution in [0.3, 0.4) is 0 Å². The van der Waals surface area contributed by atoms with Crippen molar-refractivity contribution >= 4 is 17.2 Å². The van der Waals surface area contributed by atoms with Gasteiger partial charge < -0.3 is 9.64 Å². The van der Waals surface area contributed by atoms with Crippen molar-refractivity contribution in [2.45, 2.75) is 59.0 Å². The van der Waals surface area contributed by atoms with E-state index in [0.29, 0.717) is 0 Å². The van der Waals surface area contributed by atoms with Gasteiger partial charge in [0, 0.05) is 11.3 Å². The molecule has 0 radical (unpaired) electrons. The van der Waals surface area contributed by atoms with Gasteiger partial charge in [-0.2, -0.15) is 0 Å². The van der Waals surface area contributed by atoms with E-state index >= 15 is 0 Å². The van der Waals surface area contributed by atoms with Crippen LogP contribution in [0.1, 0.15) is 51.7 Å². The number of esters is 1. The maximum atomic E-state index is 12.4. The molecule has 1 aliphatic rings. The summed E-state index contributed by atoms with van der Waals surface area (Å²) < 4.78 is 5.08. The Labute approximate surface area is 134 Å². The average molecular weight is 301 g/mol. The predicted molar refractivity (Wildman–Crippen MR) is 92.1 cm³/mol. The second-order valence-corrected chi connectivity index (χ2v) is 6.70. The van der Waals surface area contributed by atoms with E-state index in [1.807, 2.05) is 0 Å². The molecule has 0 aliphatic carbocycles. The fraction of sp³-hybridized carbons (Fsp3) is 0.526. The number of benzene rings is 1. The Balaban J connectivity index is 2.61. The summed E-state index contributed by atoms with van der Waals surface area (Å²) in [5.74, 6) is -0.157. The van der Waals surface area contributed by atoms with Crippen LogP contribution in [-0.4, -0.2) is 24.7 Å². The van der Waals surface area contributed by atoms with Crippen LogP contribution < -0.4 is 4.90 Å². The van der Waals surface area contributed by atoms with Gasteiger partial charge in [0.1, 0.15) is 6.04 Å². The highest BCUT2D eigenvalue weighted by Gasteiger charge is 2.39. The Morgan fingerprint density at radius 2 is 2.00 bits per heavy atom. The molecule has 1 aromatic carbocycles. The maximum absolute atomic E-state index is 12.4. The number of fused-ring (bicyclic) bond motifs is 1. The number of methoxy groups -OCH3 is 1. The summed E-state index contributed by atoms with van der Waals surface area (Å²) in [6.07, 6.45) is 3.98. The number of anilines is 1. The molecule has 22 heavy (non-hydrogen) atoms. The monoisotopic (exact) mass is 301 g/mol. The van der Waals surface area contributed by atoms with Crippen LogP contribution in [0.2, 0.25) is 0 Å². The van der Waals surface area contributed by atoms with Gasteiger partial charge in [-0.3, -0.25) is 0 Å². The third-order valence-electron chi connectivity index (χ3n) is 4.38. The van der Waals surface area contributed by atoms with Gasteiger partial charge in [-0.25, -0.2) is 4.79 Å². The van der Waals surface area contributed by atoms with E-state index in [0.717, 1.165) is 18.5 Å². The molecule has 1 aliphatic heterocycles. The number of carbonyl (C=O) groups excluding carboxylic acids is 1. The van der Waals surface area contributed by atoms with Crippen molar-refractivity contribution in [2.75, 3.05) is 12.0 Å². The number of carbonyl (C=O) groups is 1. The van der Waals surface area contributed by atoms with Crippen LogP contribution in [-0.2, 0) is 9.53 Å². The minimum Gasteiger partial charge on any atom is -0.467 e. The highest BCUT2D eigenvalue weighted by Crippen LogP contribution is 2.41. The van der Waals surface area contributed by atoms with Crippen molar-refractivity contribution in [3.8, 4) is 0 Å². The topological polar surface area (TPSA) is 29.5 Å². The molecule has 0 amide bonds. The Hall–Kier alpha value is -1.77. The molecule has 1 atom stereocenters. The second kappa shape index (κ2) is 6.15. The Bertz CT molecular complexity index is 601. The maximum Gasteiger partial charge on any atom is 0.328 e. The van der Waals surface area contributed by atoms with Crippen molar-refractivity contribution in [1.82, 2.24) is 0 Å². The fourth-order valence-corrected chi connectivity index (χ4v) is 3.49. The van der Waals surface area contributed by atoms with Crippen molar-refractivity contribution in [3.05, 3.63) is 35.4 Å². The summed E-state index contributed by atoms with van der Waals surface area (Å²) in [5, 5.41) is 0. The number of nitrogens with zero attached hydrogens (tertiary/aromatic N) is 1. The average Bonchev–Trinajstić information content (AvgIpc) is 2.44. The van der Waals surface area contributed by atoms with Gasteiger partial charge in [-0.05, 0) is 51.3 Å². The molecule has 120 valence electrons. The molecule has 3 nitrogen and oxygen atoms in total. The standard InChI is InChI=1S/C19H27NO2/c1-7-8-16(18(21)22-6)20-17-11-13(2)9-10-15(17)14(3)12-19(20,4)5/h9-12,16H,7-8H2,1-6H3/t16-/m0/s1. The lowest BCUT2D eigenvalue weighted by molar-refractivity contribution is -0.142. The van der Waals surface area contributed by atoms with Gasteiger partial charge >= 0.3 is 5.97 Å². The molecule has 1 aromatic rings. The largest absolute Gasteiger partial charge is 0.467 e. The number of allylic oxidation sites excluding steroid dienone is 1. The van der Waals surface area contributed by atoms with Gasteiger partial charge in [0.05, 0.1) is 12.6 Å². The van der Waals surface area contributed by atoms with Gasteiger partial charge in [-0.1, -0.05) is 31.6 Å². The van der Waals surface area contributed by atoms with Crippen LogP contribution in [0.5, 0.6) is 0 Å². The number of ether oxygens (including phenoxy) is 1. The highest BCUT2D eigenvalue weighted by molar-refractivity contribution is 5.87. The van der Waals surface area contributed by atoms with Gasteiger partial charge in [-0.15, -0.1) is 0 Å². The highest BCUT2D eigenvalue weighted by atomic mass is 16.5. The first-order valence-corrected chi connectivity index (χ1v) is 7.99. The van der Waals surface area contributed by atoms with Crippen LogP contribution >= 0.6 is 0 Å². The van der Waals surface area contributed by atoms with Crippen LogP contribution in [0, 0.1) is 6.92 Å². The number of aryl methyl sites for hydroxylation is 1. The molecule has 0 aromatic heterocycles. The first-order valence-electron chi connectivity index (χ1n) is 7.99. The zero-order chi connectivity index (χ0) is 16.5. The predicted octanol–water partition coefficient (Wildman–Crippen LogP) is 4.34. The number of rotatable bonds is 4. The smallest absolute Gasteiger partial charge is 0.328 e. The minimum atomic E-state index is -0.255. The van der Waals surface area contributed by atoms with E-state index in [1.54, 1.807) is 0 Å². The summed E-state index contributed by atoms with van der Waals surface area (Å²) in [5.41, 5.74) is 4.58. The van der Waals surface area contributed by atoms with Crippen molar-refractivity contribution < 1.29 is 9.53 Å². The van der Waals surface area contributed by atoms with E-state index in [-0.39, 0.29) is 17.6 Å². The second-order valence-electron chi connectivity index (χ2n) is 6.70. The lowest BCUT2D eigenvalue weighted by atomic mass is 9.86. The number of hydrogen-bond acceptors (Lipinski definition) is 3. The zero-order valence-electron chi connectivity index (χ0n) is 14.6. The zero-order valence-corrected chi connectivity index (χ0v) is 14.6. The van der Waals surface area contributed by atoms with E-state index in [1.165, 1.54) is 23.8 Å².